The van der Waals surface area contributed by atoms with Crippen LogP contribution in [-0.4, -0.2) is 15.0 Å². The summed E-state index contributed by atoms with van der Waals surface area (Å²) in [6.07, 6.45) is 6.95. The van der Waals surface area contributed by atoms with Crippen molar-refractivity contribution < 1.29 is 0 Å². The van der Waals surface area contributed by atoms with Crippen LogP contribution >= 0.6 is 11.3 Å². The maximum absolute atomic E-state index is 4.59. The molecule has 3 nitrogen and oxygen atoms in total. The van der Waals surface area contributed by atoms with Gasteiger partial charge in [-0.15, -0.1) is 11.3 Å². The summed E-state index contributed by atoms with van der Waals surface area (Å²) in [5, 5.41) is 3.04. The number of rotatable bonds is 4. The molecule has 0 aliphatic rings. The molecule has 0 saturated heterocycles. The molecule has 0 spiro atoms. The molecule has 2 aromatic heterocycles. The molecule has 96 valence electrons. The Morgan fingerprint density at radius 3 is 2.56 bits per heavy atom. The van der Waals surface area contributed by atoms with E-state index in [9.17, 15) is 0 Å². The number of thiazole rings is 1. The lowest BCUT2D eigenvalue weighted by Crippen LogP contribution is -2.05. The van der Waals surface area contributed by atoms with Gasteiger partial charge in [-0.2, -0.15) is 0 Å². The fourth-order valence-corrected chi connectivity index (χ4v) is 2.53. The van der Waals surface area contributed by atoms with Crippen molar-refractivity contribution in [3.05, 3.63) is 29.5 Å². The Bertz CT molecular complexity index is 485. The summed E-state index contributed by atoms with van der Waals surface area (Å²) in [4.78, 5) is 13.0. The summed E-state index contributed by atoms with van der Waals surface area (Å²) in [6.45, 7) is 6.83. The molecule has 0 amide bonds. The third kappa shape index (κ3) is 3.88. The molecule has 0 radical (unpaired) electrons. The predicted octanol–water partition coefficient (Wildman–Crippen LogP) is 3.97. The van der Waals surface area contributed by atoms with Crippen LogP contribution in [0.2, 0.25) is 0 Å². The van der Waals surface area contributed by atoms with E-state index in [1.165, 1.54) is 12.8 Å². The van der Waals surface area contributed by atoms with Gasteiger partial charge in [-0.05, 0) is 30.7 Å². The topological polar surface area (TPSA) is 38.7 Å². The second-order valence-corrected chi connectivity index (χ2v) is 6.49. The van der Waals surface area contributed by atoms with Crippen molar-refractivity contribution >= 4 is 11.3 Å². The van der Waals surface area contributed by atoms with E-state index in [-0.39, 0.29) is 0 Å². The highest BCUT2D eigenvalue weighted by molar-refractivity contribution is 7.13. The highest BCUT2D eigenvalue weighted by Crippen LogP contribution is 2.24. The maximum Gasteiger partial charge on any atom is 0.188 e. The predicted molar refractivity (Wildman–Crippen MR) is 75.5 cm³/mol. The summed E-state index contributed by atoms with van der Waals surface area (Å²) >= 11 is 1.62. The van der Waals surface area contributed by atoms with Crippen LogP contribution in [0.1, 0.15) is 39.3 Å². The quantitative estimate of drug-likeness (QED) is 0.836. The van der Waals surface area contributed by atoms with Gasteiger partial charge in [0.1, 0.15) is 0 Å². The van der Waals surface area contributed by atoms with Crippen molar-refractivity contribution in [2.45, 2.75) is 40.0 Å². The van der Waals surface area contributed by atoms with Crippen molar-refractivity contribution in [3.8, 4) is 10.8 Å². The zero-order valence-corrected chi connectivity index (χ0v) is 12.0. The Hall–Kier alpha value is -1.29. The van der Waals surface area contributed by atoms with Gasteiger partial charge in [0.25, 0.3) is 0 Å². The highest BCUT2D eigenvalue weighted by Gasteiger charge is 2.11. The van der Waals surface area contributed by atoms with Crippen LogP contribution in [0.4, 0.5) is 0 Å². The van der Waals surface area contributed by atoms with Gasteiger partial charge in [0, 0.05) is 17.8 Å². The van der Waals surface area contributed by atoms with E-state index in [1.807, 2.05) is 6.07 Å². The molecule has 2 rings (SSSR count). The number of aromatic nitrogens is 3. The lowest BCUT2D eigenvalue weighted by molar-refractivity contribution is 0.365. The van der Waals surface area contributed by atoms with Crippen LogP contribution in [0.5, 0.6) is 0 Å². The van der Waals surface area contributed by atoms with Gasteiger partial charge in [-0.3, -0.25) is 0 Å². The summed E-state index contributed by atoms with van der Waals surface area (Å²) in [7, 11) is 0. The summed E-state index contributed by atoms with van der Waals surface area (Å²) in [6, 6.07) is 1.82. The molecule has 2 heterocycles. The first-order chi connectivity index (χ1) is 8.54. The Morgan fingerprint density at radius 2 is 1.89 bits per heavy atom. The van der Waals surface area contributed by atoms with Crippen molar-refractivity contribution in [1.29, 1.82) is 0 Å². The first kappa shape index (κ1) is 13.1. The SMILES string of the molecule is CC(C)(C)CCCc1csc(-c2ncccn2)n1. The normalized spacial score (nSPS) is 11.7. The van der Waals surface area contributed by atoms with E-state index in [0.717, 1.165) is 22.9 Å². The first-order valence-electron chi connectivity index (χ1n) is 6.26. The van der Waals surface area contributed by atoms with Gasteiger partial charge in [0.05, 0.1) is 5.69 Å². The van der Waals surface area contributed by atoms with Crippen LogP contribution in [-0.2, 0) is 6.42 Å². The van der Waals surface area contributed by atoms with Gasteiger partial charge in [0.2, 0.25) is 0 Å². The largest absolute Gasteiger partial charge is 0.238 e. The number of hydrogen-bond donors (Lipinski definition) is 0. The van der Waals surface area contributed by atoms with Gasteiger partial charge in [-0.25, -0.2) is 15.0 Å². The summed E-state index contributed by atoms with van der Waals surface area (Å²) in [5.41, 5.74) is 1.56. The Morgan fingerprint density at radius 1 is 1.17 bits per heavy atom. The van der Waals surface area contributed by atoms with Crippen LogP contribution in [0.15, 0.2) is 23.8 Å². The monoisotopic (exact) mass is 261 g/mol. The fourth-order valence-electron chi connectivity index (χ4n) is 1.73. The van der Waals surface area contributed by atoms with Gasteiger partial charge < -0.3 is 0 Å². The Labute approximate surface area is 112 Å². The molecule has 0 bridgehead atoms. The van der Waals surface area contributed by atoms with E-state index < -0.39 is 0 Å². The summed E-state index contributed by atoms with van der Waals surface area (Å²) < 4.78 is 0. The van der Waals surface area contributed by atoms with E-state index in [4.69, 9.17) is 0 Å². The lowest BCUT2D eigenvalue weighted by atomic mass is 9.90. The third-order valence-electron chi connectivity index (χ3n) is 2.67. The van der Waals surface area contributed by atoms with E-state index in [1.54, 1.807) is 23.7 Å². The average Bonchev–Trinajstić information content (AvgIpc) is 2.77. The smallest absolute Gasteiger partial charge is 0.188 e. The maximum atomic E-state index is 4.59. The van der Waals surface area contributed by atoms with Crippen LogP contribution in [0.3, 0.4) is 0 Å². The van der Waals surface area contributed by atoms with Gasteiger partial charge >= 0.3 is 0 Å². The van der Waals surface area contributed by atoms with E-state index >= 15 is 0 Å². The molecule has 0 N–H and O–H groups in total. The average molecular weight is 261 g/mol. The van der Waals surface area contributed by atoms with Crippen molar-refractivity contribution in [3.63, 3.8) is 0 Å². The molecule has 0 aromatic carbocycles. The number of aryl methyl sites for hydroxylation is 1. The molecule has 0 fully saturated rings. The zero-order valence-electron chi connectivity index (χ0n) is 11.2. The molecule has 0 aliphatic carbocycles. The molecular weight excluding hydrogens is 242 g/mol. The molecule has 2 aromatic rings. The molecule has 18 heavy (non-hydrogen) atoms. The van der Waals surface area contributed by atoms with E-state index in [2.05, 4.69) is 41.1 Å². The summed E-state index contributed by atoms with van der Waals surface area (Å²) in [5.74, 6) is 0.726. The van der Waals surface area contributed by atoms with Crippen molar-refractivity contribution in [2.24, 2.45) is 5.41 Å². The molecule has 4 heteroatoms. The Balaban J connectivity index is 1.95. The molecule has 0 aliphatic heterocycles. The minimum Gasteiger partial charge on any atom is -0.238 e. The standard InChI is InChI=1S/C14H19N3S/c1-14(2,3)7-4-6-11-10-18-13(17-11)12-15-8-5-9-16-12/h5,8-10H,4,6-7H2,1-3H3. The molecule has 0 atom stereocenters. The highest BCUT2D eigenvalue weighted by atomic mass is 32.1. The van der Waals surface area contributed by atoms with Gasteiger partial charge in [-0.1, -0.05) is 20.8 Å². The molecule has 0 unspecified atom stereocenters. The molecule has 0 saturated carbocycles. The Kier molecular flexibility index (Phi) is 4.07. The van der Waals surface area contributed by atoms with Crippen LogP contribution in [0.25, 0.3) is 10.8 Å². The zero-order chi connectivity index (χ0) is 13.0. The van der Waals surface area contributed by atoms with Crippen LogP contribution in [0, 0.1) is 5.41 Å². The molecular formula is C14H19N3S. The minimum atomic E-state index is 0.404. The number of nitrogens with zero attached hydrogens (tertiary/aromatic N) is 3. The second kappa shape index (κ2) is 5.57. The number of hydrogen-bond acceptors (Lipinski definition) is 4. The lowest BCUT2D eigenvalue weighted by Gasteiger charge is -2.16. The third-order valence-corrected chi connectivity index (χ3v) is 3.56. The van der Waals surface area contributed by atoms with Crippen LogP contribution < -0.4 is 0 Å². The van der Waals surface area contributed by atoms with Crippen molar-refractivity contribution in [2.75, 3.05) is 0 Å². The first-order valence-corrected chi connectivity index (χ1v) is 7.14. The van der Waals surface area contributed by atoms with Gasteiger partial charge in [0.15, 0.2) is 10.8 Å². The minimum absolute atomic E-state index is 0.404. The van der Waals surface area contributed by atoms with E-state index in [0.29, 0.717) is 5.41 Å². The van der Waals surface area contributed by atoms with Crippen molar-refractivity contribution in [1.82, 2.24) is 15.0 Å². The fraction of sp³-hybridized carbons (Fsp3) is 0.500. The second-order valence-electron chi connectivity index (χ2n) is 5.63.